The lowest BCUT2D eigenvalue weighted by atomic mass is 10.0. The highest BCUT2D eigenvalue weighted by Crippen LogP contribution is 2.18. The predicted molar refractivity (Wildman–Crippen MR) is 264 cm³/mol. The maximum atomic E-state index is 13.2. The van der Waals surface area contributed by atoms with E-state index >= 15 is 0 Å². The van der Waals surface area contributed by atoms with Gasteiger partial charge in [0.15, 0.2) is 0 Å². The first kappa shape index (κ1) is 59.1. The molecule has 0 fully saturated rings. The first-order valence-electron chi connectivity index (χ1n) is 26.7. The minimum absolute atomic E-state index is 0.0661. The average Bonchev–Trinajstić information content (AvgIpc) is 3.25. The molecule has 0 spiro atoms. The van der Waals surface area contributed by atoms with Gasteiger partial charge in [0.2, 0.25) is 5.91 Å². The lowest BCUT2D eigenvalue weighted by molar-refractivity contribution is -0.151. The van der Waals surface area contributed by atoms with Gasteiger partial charge in [-0.15, -0.1) is 0 Å². The van der Waals surface area contributed by atoms with Gasteiger partial charge in [-0.1, -0.05) is 243 Å². The van der Waals surface area contributed by atoms with E-state index in [-0.39, 0.29) is 24.9 Å². The van der Waals surface area contributed by atoms with E-state index in [0.29, 0.717) is 19.3 Å². The van der Waals surface area contributed by atoms with Gasteiger partial charge in [-0.25, -0.2) is 0 Å². The first-order valence-corrected chi connectivity index (χ1v) is 26.7. The van der Waals surface area contributed by atoms with Crippen molar-refractivity contribution in [2.45, 2.75) is 296 Å². The van der Waals surface area contributed by atoms with Gasteiger partial charge in [-0.2, -0.15) is 0 Å². The Hall–Kier alpha value is -1.92. The standard InChI is InChI=1S/C55H103NO5/c1-4-7-10-13-16-19-21-23-25-26-27-28-29-31-33-36-39-42-45-48-55(60)61-51(46-43-40-37-35-32-30-24-22-20-17-14-11-8-5-2)49-54(59)56-52(50-57)53(58)47-44-41-38-34-18-15-12-9-6-3/h8,11,17,20,24,30,51-53,57-58H,4-7,9-10,12-16,18-19,21-23,25-29,31-50H2,1-3H3,(H,56,59)/b11-8+,20-17+,30-24+. The van der Waals surface area contributed by atoms with Crippen molar-refractivity contribution in [1.82, 2.24) is 5.32 Å². The quantitative estimate of drug-likeness (QED) is 0.0322. The number of ether oxygens (including phenoxy) is 1. The summed E-state index contributed by atoms with van der Waals surface area (Å²) in [5.41, 5.74) is 0. The van der Waals surface area contributed by atoms with Gasteiger partial charge in [-0.3, -0.25) is 9.59 Å². The van der Waals surface area contributed by atoms with Crippen LogP contribution in [0.4, 0.5) is 0 Å². The summed E-state index contributed by atoms with van der Waals surface area (Å²) in [6.07, 6.45) is 57.9. The average molecular weight is 858 g/mol. The molecule has 6 nitrogen and oxygen atoms in total. The molecular formula is C55H103NO5. The third-order valence-electron chi connectivity index (χ3n) is 12.2. The zero-order valence-corrected chi connectivity index (χ0v) is 40.8. The molecule has 0 aromatic heterocycles. The number of carbonyl (C=O) groups is 2. The predicted octanol–water partition coefficient (Wildman–Crippen LogP) is 16.1. The summed E-state index contributed by atoms with van der Waals surface area (Å²) >= 11 is 0. The molecule has 0 aliphatic rings. The number of aliphatic hydroxyl groups is 2. The van der Waals surface area contributed by atoms with Gasteiger partial charge < -0.3 is 20.3 Å². The summed E-state index contributed by atoms with van der Waals surface area (Å²) in [6.45, 7) is 6.37. The number of amides is 1. The molecular weight excluding hydrogens is 755 g/mol. The van der Waals surface area contributed by atoms with E-state index in [9.17, 15) is 19.8 Å². The second-order valence-corrected chi connectivity index (χ2v) is 18.3. The topological polar surface area (TPSA) is 95.9 Å². The van der Waals surface area contributed by atoms with E-state index in [1.807, 2.05) is 0 Å². The molecule has 0 aromatic carbocycles. The third kappa shape index (κ3) is 44.5. The third-order valence-corrected chi connectivity index (χ3v) is 12.2. The number of rotatable bonds is 48. The Morgan fingerprint density at radius 2 is 0.885 bits per heavy atom. The Balaban J connectivity index is 4.50. The van der Waals surface area contributed by atoms with Crippen LogP contribution in [0, 0.1) is 0 Å². The van der Waals surface area contributed by atoms with Gasteiger partial charge in [-0.05, 0) is 57.8 Å². The van der Waals surface area contributed by atoms with Gasteiger partial charge >= 0.3 is 5.97 Å². The molecule has 0 radical (unpaired) electrons. The fraction of sp³-hybridized carbons (Fsp3) is 0.855. The van der Waals surface area contributed by atoms with Crippen molar-refractivity contribution in [2.24, 2.45) is 0 Å². The summed E-state index contributed by atoms with van der Waals surface area (Å²) in [6, 6.07) is -0.705. The van der Waals surface area contributed by atoms with Crippen molar-refractivity contribution in [2.75, 3.05) is 6.61 Å². The maximum Gasteiger partial charge on any atom is 0.306 e. The minimum atomic E-state index is -0.790. The molecule has 0 aromatic rings. The lowest BCUT2D eigenvalue weighted by Crippen LogP contribution is -2.46. The van der Waals surface area contributed by atoms with Crippen LogP contribution in [0.3, 0.4) is 0 Å². The van der Waals surface area contributed by atoms with Crippen LogP contribution in [0.2, 0.25) is 0 Å². The van der Waals surface area contributed by atoms with E-state index in [1.165, 1.54) is 141 Å². The number of unbranched alkanes of at least 4 members (excludes halogenated alkanes) is 30. The highest BCUT2D eigenvalue weighted by Gasteiger charge is 2.24. The van der Waals surface area contributed by atoms with Crippen molar-refractivity contribution >= 4 is 11.9 Å². The monoisotopic (exact) mass is 858 g/mol. The number of hydrogen-bond donors (Lipinski definition) is 3. The van der Waals surface area contributed by atoms with Gasteiger partial charge in [0, 0.05) is 6.42 Å². The Kier molecular flexibility index (Phi) is 47.6. The van der Waals surface area contributed by atoms with E-state index in [2.05, 4.69) is 62.5 Å². The molecule has 0 aliphatic heterocycles. The molecule has 358 valence electrons. The summed E-state index contributed by atoms with van der Waals surface area (Å²) < 4.78 is 5.93. The Labute approximate surface area is 379 Å². The molecule has 0 heterocycles. The van der Waals surface area contributed by atoms with Gasteiger partial charge in [0.25, 0.3) is 0 Å². The largest absolute Gasteiger partial charge is 0.462 e. The highest BCUT2D eigenvalue weighted by molar-refractivity contribution is 5.77. The number of nitrogens with one attached hydrogen (secondary N) is 1. The SMILES string of the molecule is CC/C=C/C/C=C/C/C=C/CCCCCCC(CC(=O)NC(CO)C(O)CCCCCCCCCCC)OC(=O)CCCCCCCCCCCCCCCCCCCCC. The van der Waals surface area contributed by atoms with Crippen LogP contribution in [0.25, 0.3) is 0 Å². The zero-order chi connectivity index (χ0) is 44.5. The Bertz CT molecular complexity index is 1010. The zero-order valence-electron chi connectivity index (χ0n) is 40.8. The second kappa shape index (κ2) is 49.1. The van der Waals surface area contributed by atoms with Crippen LogP contribution in [0.1, 0.15) is 278 Å². The van der Waals surface area contributed by atoms with Crippen molar-refractivity contribution in [3.63, 3.8) is 0 Å². The molecule has 1 amide bonds. The summed E-state index contributed by atoms with van der Waals surface area (Å²) in [7, 11) is 0. The fourth-order valence-electron chi connectivity index (χ4n) is 8.21. The van der Waals surface area contributed by atoms with Crippen LogP contribution in [0.5, 0.6) is 0 Å². The maximum absolute atomic E-state index is 13.2. The minimum Gasteiger partial charge on any atom is -0.462 e. The molecule has 61 heavy (non-hydrogen) atoms. The van der Waals surface area contributed by atoms with Gasteiger partial charge in [0.05, 0.1) is 25.2 Å². The molecule has 0 saturated heterocycles. The van der Waals surface area contributed by atoms with Crippen LogP contribution in [0.15, 0.2) is 36.5 Å². The number of aliphatic hydroxyl groups excluding tert-OH is 2. The molecule has 0 aliphatic carbocycles. The molecule has 3 N–H and O–H groups in total. The number of allylic oxidation sites excluding steroid dienone is 6. The van der Waals surface area contributed by atoms with Crippen molar-refractivity contribution < 1.29 is 24.5 Å². The van der Waals surface area contributed by atoms with E-state index in [4.69, 9.17) is 4.74 Å². The van der Waals surface area contributed by atoms with Gasteiger partial charge in [0.1, 0.15) is 6.10 Å². The van der Waals surface area contributed by atoms with E-state index in [1.54, 1.807) is 0 Å². The van der Waals surface area contributed by atoms with Crippen molar-refractivity contribution in [1.29, 1.82) is 0 Å². The Morgan fingerprint density at radius 1 is 0.492 bits per heavy atom. The number of carbonyl (C=O) groups excluding carboxylic acids is 2. The summed E-state index contributed by atoms with van der Waals surface area (Å²) in [4.78, 5) is 26.1. The second-order valence-electron chi connectivity index (χ2n) is 18.3. The molecule has 3 atom stereocenters. The van der Waals surface area contributed by atoms with Crippen molar-refractivity contribution in [3.05, 3.63) is 36.5 Å². The van der Waals surface area contributed by atoms with Crippen LogP contribution >= 0.6 is 0 Å². The first-order chi connectivity index (χ1) is 30.0. The van der Waals surface area contributed by atoms with Crippen LogP contribution in [-0.2, 0) is 14.3 Å². The molecule has 3 unspecified atom stereocenters. The van der Waals surface area contributed by atoms with Crippen molar-refractivity contribution in [3.8, 4) is 0 Å². The molecule has 0 bridgehead atoms. The normalized spacial score (nSPS) is 13.5. The molecule has 6 heteroatoms. The van der Waals surface area contributed by atoms with Crippen LogP contribution in [-0.4, -0.2) is 46.9 Å². The van der Waals surface area contributed by atoms with E-state index < -0.39 is 18.2 Å². The smallest absolute Gasteiger partial charge is 0.306 e. The summed E-state index contributed by atoms with van der Waals surface area (Å²) in [5, 5.41) is 23.7. The summed E-state index contributed by atoms with van der Waals surface area (Å²) in [5.74, 6) is -0.485. The van der Waals surface area contributed by atoms with E-state index in [0.717, 1.165) is 89.9 Å². The molecule has 0 rings (SSSR count). The number of esters is 1. The highest BCUT2D eigenvalue weighted by atomic mass is 16.5. The lowest BCUT2D eigenvalue weighted by Gasteiger charge is -2.24. The molecule has 0 saturated carbocycles. The fourth-order valence-corrected chi connectivity index (χ4v) is 8.21. The van der Waals surface area contributed by atoms with Crippen LogP contribution < -0.4 is 5.32 Å². The Morgan fingerprint density at radius 3 is 1.34 bits per heavy atom. The number of hydrogen-bond acceptors (Lipinski definition) is 5.